The van der Waals surface area contributed by atoms with Crippen molar-refractivity contribution in [1.29, 1.82) is 0 Å². The van der Waals surface area contributed by atoms with Crippen molar-refractivity contribution in [3.8, 4) is 0 Å². The predicted molar refractivity (Wildman–Crippen MR) is 72.0 cm³/mol. The summed E-state index contributed by atoms with van der Waals surface area (Å²) in [6.45, 7) is -0.978. The van der Waals surface area contributed by atoms with Crippen LogP contribution in [0.15, 0.2) is 24.3 Å². The first kappa shape index (κ1) is 18.6. The average Bonchev–Trinajstić information content (AvgIpc) is 2.52. The van der Waals surface area contributed by atoms with Gasteiger partial charge in [-0.05, 0) is 12.1 Å². The Morgan fingerprint density at radius 1 is 0.960 bits per heavy atom. The Kier molecular flexibility index (Phi) is 4.91. The zero-order valence-corrected chi connectivity index (χ0v) is 12.0. The van der Waals surface area contributed by atoms with E-state index in [-0.39, 0.29) is 11.3 Å². The molecule has 0 fully saturated rings. The van der Waals surface area contributed by atoms with Gasteiger partial charge in [-0.2, -0.15) is 13.2 Å². The smallest absolute Gasteiger partial charge is 0.422 e. The Labute approximate surface area is 135 Å². The highest BCUT2D eigenvalue weighted by Crippen LogP contribution is 2.37. The summed E-state index contributed by atoms with van der Waals surface area (Å²) < 4.78 is 92.0. The molecule has 0 aliphatic rings. The molecular weight excluding hydrogens is 359 g/mol. The SMILES string of the molecule is O=C(O)c1ccccc1NCc1c(F)c(F)c(C(F)(F)F)c(F)c1F. The van der Waals surface area contributed by atoms with Crippen LogP contribution in [0, 0.1) is 23.3 Å². The maximum Gasteiger partial charge on any atom is 0.422 e. The van der Waals surface area contributed by atoms with Crippen LogP contribution in [0.1, 0.15) is 21.5 Å². The zero-order chi connectivity index (χ0) is 18.9. The third kappa shape index (κ3) is 3.52. The van der Waals surface area contributed by atoms with Gasteiger partial charge in [0.1, 0.15) is 5.56 Å². The number of nitrogens with one attached hydrogen (secondary N) is 1. The quantitative estimate of drug-likeness (QED) is 0.615. The third-order valence-electron chi connectivity index (χ3n) is 3.25. The molecular formula is C15H8F7NO2. The molecule has 2 rings (SSSR count). The Morgan fingerprint density at radius 3 is 1.96 bits per heavy atom. The van der Waals surface area contributed by atoms with Gasteiger partial charge < -0.3 is 10.4 Å². The van der Waals surface area contributed by atoms with Crippen LogP contribution in [-0.4, -0.2) is 11.1 Å². The molecule has 0 spiro atoms. The van der Waals surface area contributed by atoms with E-state index in [9.17, 15) is 35.5 Å². The number of carbonyl (C=O) groups is 1. The number of anilines is 1. The highest BCUT2D eigenvalue weighted by molar-refractivity contribution is 5.94. The molecule has 0 aliphatic heterocycles. The summed E-state index contributed by atoms with van der Waals surface area (Å²) in [5.41, 5.74) is -4.45. The molecule has 0 radical (unpaired) electrons. The molecule has 0 amide bonds. The van der Waals surface area contributed by atoms with Crippen molar-refractivity contribution in [2.75, 3.05) is 5.32 Å². The molecule has 0 unspecified atom stereocenters. The first-order valence-electron chi connectivity index (χ1n) is 6.54. The summed E-state index contributed by atoms with van der Waals surface area (Å²) in [6, 6.07) is 5.07. The number of halogens is 7. The minimum Gasteiger partial charge on any atom is -0.478 e. The van der Waals surface area contributed by atoms with Gasteiger partial charge in [-0.1, -0.05) is 12.1 Å². The number of rotatable bonds is 4. The number of para-hydroxylation sites is 1. The molecule has 3 nitrogen and oxygen atoms in total. The van der Waals surface area contributed by atoms with Gasteiger partial charge in [-0.25, -0.2) is 22.4 Å². The van der Waals surface area contributed by atoms with Crippen molar-refractivity contribution in [3.05, 3.63) is 64.2 Å². The lowest BCUT2D eigenvalue weighted by molar-refractivity contribution is -0.143. The summed E-state index contributed by atoms with van der Waals surface area (Å²) in [5, 5.41) is 11.2. The molecule has 0 saturated carbocycles. The fourth-order valence-corrected chi connectivity index (χ4v) is 2.09. The van der Waals surface area contributed by atoms with Crippen LogP contribution in [0.3, 0.4) is 0 Å². The van der Waals surface area contributed by atoms with E-state index in [4.69, 9.17) is 5.11 Å². The second-order valence-electron chi connectivity index (χ2n) is 4.81. The van der Waals surface area contributed by atoms with Gasteiger partial charge in [0.15, 0.2) is 23.3 Å². The molecule has 2 N–H and O–H groups in total. The van der Waals surface area contributed by atoms with E-state index < -0.39 is 53.1 Å². The van der Waals surface area contributed by atoms with E-state index in [2.05, 4.69) is 5.32 Å². The Bertz CT molecular complexity index is 804. The van der Waals surface area contributed by atoms with E-state index in [1.807, 2.05) is 0 Å². The molecule has 0 bridgehead atoms. The number of carboxylic acids is 1. The number of hydrogen-bond acceptors (Lipinski definition) is 2. The largest absolute Gasteiger partial charge is 0.478 e. The molecule has 25 heavy (non-hydrogen) atoms. The van der Waals surface area contributed by atoms with Gasteiger partial charge in [-0.15, -0.1) is 0 Å². The number of aromatic carboxylic acids is 1. The van der Waals surface area contributed by atoms with E-state index >= 15 is 0 Å². The Hall–Kier alpha value is -2.78. The molecule has 2 aromatic rings. The van der Waals surface area contributed by atoms with Crippen LogP contribution in [0.4, 0.5) is 36.4 Å². The first-order valence-corrected chi connectivity index (χ1v) is 6.54. The lowest BCUT2D eigenvalue weighted by Gasteiger charge is -2.15. The number of carboxylic acid groups (broad SMARTS) is 1. The number of alkyl halides is 3. The molecule has 2 aromatic carbocycles. The van der Waals surface area contributed by atoms with Gasteiger partial charge in [0.2, 0.25) is 0 Å². The van der Waals surface area contributed by atoms with Crippen LogP contribution in [0.2, 0.25) is 0 Å². The van der Waals surface area contributed by atoms with Crippen molar-refractivity contribution in [3.63, 3.8) is 0 Å². The topological polar surface area (TPSA) is 49.3 Å². The van der Waals surface area contributed by atoms with Crippen LogP contribution in [0.5, 0.6) is 0 Å². The van der Waals surface area contributed by atoms with Crippen LogP contribution in [0.25, 0.3) is 0 Å². The molecule has 0 aromatic heterocycles. The summed E-state index contributed by atoms with van der Waals surface area (Å²) in [7, 11) is 0. The lowest BCUT2D eigenvalue weighted by atomic mass is 10.1. The average molecular weight is 367 g/mol. The second-order valence-corrected chi connectivity index (χ2v) is 4.81. The summed E-state index contributed by atoms with van der Waals surface area (Å²) in [6.07, 6.45) is -5.63. The number of hydrogen-bond donors (Lipinski definition) is 2. The Balaban J connectivity index is 2.44. The van der Waals surface area contributed by atoms with Crippen molar-refractivity contribution >= 4 is 11.7 Å². The second kappa shape index (κ2) is 6.61. The van der Waals surface area contributed by atoms with Crippen LogP contribution < -0.4 is 5.32 Å². The molecule has 134 valence electrons. The van der Waals surface area contributed by atoms with Gasteiger partial charge >= 0.3 is 12.1 Å². The van der Waals surface area contributed by atoms with Crippen molar-refractivity contribution in [2.45, 2.75) is 12.7 Å². The Morgan fingerprint density at radius 2 is 1.48 bits per heavy atom. The standard InChI is InChI=1S/C15H8F7NO2/c16-10-7(5-23-8-4-2-1-3-6(8)14(24)25)11(17)13(19)9(12(10)18)15(20,21)22/h1-4,23H,5H2,(H,24,25). The van der Waals surface area contributed by atoms with Gasteiger partial charge in [0, 0.05) is 17.8 Å². The van der Waals surface area contributed by atoms with Crippen molar-refractivity contribution in [1.82, 2.24) is 0 Å². The normalized spacial score (nSPS) is 11.5. The molecule has 0 saturated heterocycles. The lowest BCUT2D eigenvalue weighted by Crippen LogP contribution is -2.18. The van der Waals surface area contributed by atoms with Crippen molar-refractivity contribution < 1.29 is 40.6 Å². The monoisotopic (exact) mass is 367 g/mol. The highest BCUT2D eigenvalue weighted by Gasteiger charge is 2.42. The molecule has 0 aliphatic carbocycles. The van der Waals surface area contributed by atoms with Gasteiger partial charge in [0.25, 0.3) is 0 Å². The highest BCUT2D eigenvalue weighted by atomic mass is 19.4. The minimum absolute atomic E-state index is 0.144. The van der Waals surface area contributed by atoms with E-state index in [1.165, 1.54) is 18.2 Å². The zero-order valence-electron chi connectivity index (χ0n) is 12.0. The maximum absolute atomic E-state index is 13.8. The summed E-state index contributed by atoms with van der Waals surface area (Å²) in [5.74, 6) is -11.0. The summed E-state index contributed by atoms with van der Waals surface area (Å²) in [4.78, 5) is 11.0. The van der Waals surface area contributed by atoms with E-state index in [1.54, 1.807) is 0 Å². The first-order chi connectivity index (χ1) is 11.6. The van der Waals surface area contributed by atoms with E-state index in [0.29, 0.717) is 0 Å². The fourth-order valence-electron chi connectivity index (χ4n) is 2.09. The molecule has 10 heteroatoms. The molecule has 0 heterocycles. The minimum atomic E-state index is -5.63. The predicted octanol–water partition coefficient (Wildman–Crippen LogP) is 4.57. The van der Waals surface area contributed by atoms with E-state index in [0.717, 1.165) is 6.07 Å². The molecule has 0 atom stereocenters. The summed E-state index contributed by atoms with van der Waals surface area (Å²) >= 11 is 0. The maximum atomic E-state index is 13.8. The third-order valence-corrected chi connectivity index (χ3v) is 3.25. The van der Waals surface area contributed by atoms with Gasteiger partial charge in [-0.3, -0.25) is 0 Å². The van der Waals surface area contributed by atoms with Crippen LogP contribution in [-0.2, 0) is 12.7 Å². The number of benzene rings is 2. The van der Waals surface area contributed by atoms with Crippen molar-refractivity contribution in [2.24, 2.45) is 0 Å². The van der Waals surface area contributed by atoms with Gasteiger partial charge in [0.05, 0.1) is 5.56 Å². The fraction of sp³-hybridized carbons (Fsp3) is 0.133. The van der Waals surface area contributed by atoms with Crippen LogP contribution >= 0.6 is 0 Å².